The number of morpholine rings is 1. The van der Waals surface area contributed by atoms with Crippen LogP contribution in [0.25, 0.3) is 17.0 Å². The lowest BCUT2D eigenvalue weighted by molar-refractivity contribution is -0.152. The van der Waals surface area contributed by atoms with Crippen LogP contribution in [0.4, 0.5) is 0 Å². The highest BCUT2D eigenvalue weighted by molar-refractivity contribution is 5.99. The van der Waals surface area contributed by atoms with Crippen LogP contribution in [-0.4, -0.2) is 113 Å². The van der Waals surface area contributed by atoms with E-state index in [9.17, 15) is 19.5 Å². The highest BCUT2D eigenvalue weighted by Gasteiger charge is 2.34. The van der Waals surface area contributed by atoms with Crippen molar-refractivity contribution in [3.05, 3.63) is 69.2 Å². The molecule has 2 amide bonds. The molecule has 0 radical (unpaired) electrons. The number of aliphatic hydroxyl groups excluding tert-OH is 2. The minimum Gasteiger partial charge on any atom is -0.458 e. The van der Waals surface area contributed by atoms with Gasteiger partial charge in [0.05, 0.1) is 36.0 Å². The Labute approximate surface area is 280 Å². The number of pyridine rings is 1. The number of esters is 1. The summed E-state index contributed by atoms with van der Waals surface area (Å²) in [6.45, 7) is 10.1. The van der Waals surface area contributed by atoms with Gasteiger partial charge in [-0.05, 0) is 48.7 Å². The number of likely N-dealkylation sites (N-methyl/N-ethyl adjacent to an activating group) is 1. The van der Waals surface area contributed by atoms with E-state index in [1.165, 1.54) is 9.91 Å². The number of rotatable bonds is 8. The Morgan fingerprint density at radius 2 is 1.94 bits per heavy atom. The molecule has 48 heavy (non-hydrogen) atoms. The van der Waals surface area contributed by atoms with E-state index in [0.29, 0.717) is 37.6 Å². The SMILES string of the molecule is CC.Cc1cc2nc3c(c(CN(N)/C=C(\N)CN4CCOC(CNC(=O)CO)C4)c2cc1C)CN(C)C(=O)C1=C(/C=C/3)C(O)C(=O)OC1. The third-order valence-corrected chi connectivity index (χ3v) is 8.47. The van der Waals surface area contributed by atoms with Crippen molar-refractivity contribution in [3.63, 3.8) is 0 Å². The van der Waals surface area contributed by atoms with Gasteiger partial charge >= 0.3 is 5.97 Å². The summed E-state index contributed by atoms with van der Waals surface area (Å²) < 4.78 is 10.8. The number of fused-ring (bicyclic) bond motifs is 2. The summed E-state index contributed by atoms with van der Waals surface area (Å²) >= 11 is 0. The minimum atomic E-state index is -1.57. The van der Waals surface area contributed by atoms with E-state index in [4.69, 9.17) is 31.1 Å². The van der Waals surface area contributed by atoms with Gasteiger partial charge < -0.3 is 40.6 Å². The second kappa shape index (κ2) is 16.2. The number of carbonyl (C=O) groups is 3. The number of hydrazine groups is 1. The predicted octanol–water partition coefficient (Wildman–Crippen LogP) is 0.362. The van der Waals surface area contributed by atoms with Gasteiger partial charge in [0, 0.05) is 68.2 Å². The Bertz CT molecular complexity index is 1640. The number of cyclic esters (lactones) is 1. The smallest absolute Gasteiger partial charge is 0.340 e. The summed E-state index contributed by atoms with van der Waals surface area (Å²) in [5, 5.41) is 24.5. The molecule has 2 atom stereocenters. The highest BCUT2D eigenvalue weighted by atomic mass is 16.5. The van der Waals surface area contributed by atoms with Crippen molar-refractivity contribution < 1.29 is 34.1 Å². The summed E-state index contributed by atoms with van der Waals surface area (Å²) in [4.78, 5) is 45.6. The minimum absolute atomic E-state index is 0.194. The summed E-state index contributed by atoms with van der Waals surface area (Å²) in [6, 6.07) is 4.07. The van der Waals surface area contributed by atoms with E-state index >= 15 is 0 Å². The fourth-order valence-electron chi connectivity index (χ4n) is 5.90. The number of amides is 2. The third kappa shape index (κ3) is 8.38. The van der Waals surface area contributed by atoms with Crippen LogP contribution in [-0.2, 0) is 36.9 Å². The maximum atomic E-state index is 13.5. The second-order valence-electron chi connectivity index (χ2n) is 11.9. The summed E-state index contributed by atoms with van der Waals surface area (Å²) in [5.74, 6) is 4.94. The molecule has 1 saturated heterocycles. The number of nitrogens with one attached hydrogen (secondary N) is 1. The Kier molecular flexibility index (Phi) is 12.3. The molecule has 1 aromatic carbocycles. The molecule has 0 spiro atoms. The number of hydrogen-bond acceptors (Lipinski definition) is 12. The monoisotopic (exact) mass is 665 g/mol. The quantitative estimate of drug-likeness (QED) is 0.148. The lowest BCUT2D eigenvalue weighted by atomic mass is 9.96. The van der Waals surface area contributed by atoms with Crippen molar-refractivity contribution in [1.82, 2.24) is 25.1 Å². The number of carbonyl (C=O) groups excluding carboxylic acids is 3. The van der Waals surface area contributed by atoms with Crippen LogP contribution in [0.2, 0.25) is 0 Å². The summed E-state index contributed by atoms with van der Waals surface area (Å²) in [6.07, 6.45) is 3.17. The molecule has 0 bridgehead atoms. The number of aromatic nitrogens is 1. The zero-order valence-electron chi connectivity index (χ0n) is 28.3. The Hall–Kier alpha value is -4.34. The standard InChI is InChI=1S/C32H41N7O7.C2H6/c1-18-8-23-24(15-39(34)12-20(33)11-38-6-7-45-21(13-38)10-35-29(41)16-40)25-14-37(3)31(43)26-17-46-32(44)30(42)22(26)4-5-27(25)36-28(23)9-19(18)2;1-2/h4-5,8-9,12,21,30,40,42H,6-7,10-11,13-17,33-34H2,1-3H3,(H,35,41);1-2H3/b5-4+,20-12-;. The Morgan fingerprint density at radius 1 is 1.21 bits per heavy atom. The summed E-state index contributed by atoms with van der Waals surface area (Å²) in [7, 11) is 1.65. The van der Waals surface area contributed by atoms with Crippen LogP contribution in [0.1, 0.15) is 41.8 Å². The molecule has 3 aliphatic heterocycles. The van der Waals surface area contributed by atoms with Crippen LogP contribution < -0.4 is 16.9 Å². The van der Waals surface area contributed by atoms with Crippen molar-refractivity contribution in [2.75, 3.05) is 53.0 Å². The predicted molar refractivity (Wildman–Crippen MR) is 180 cm³/mol. The molecular formula is C34H47N7O7. The molecule has 3 aliphatic rings. The van der Waals surface area contributed by atoms with Crippen molar-refractivity contribution >= 4 is 34.8 Å². The molecule has 0 saturated carbocycles. The van der Waals surface area contributed by atoms with Gasteiger partial charge in [-0.15, -0.1) is 0 Å². The number of benzene rings is 1. The van der Waals surface area contributed by atoms with Crippen LogP contribution >= 0.6 is 0 Å². The number of hydrogen-bond donors (Lipinski definition) is 5. The first-order valence-electron chi connectivity index (χ1n) is 16.1. The molecule has 5 rings (SSSR count). The van der Waals surface area contributed by atoms with Gasteiger partial charge in [0.1, 0.15) is 13.2 Å². The zero-order valence-corrected chi connectivity index (χ0v) is 28.3. The molecule has 7 N–H and O–H groups in total. The molecule has 2 aromatic rings. The lowest BCUT2D eigenvalue weighted by Crippen LogP contribution is -2.48. The molecule has 1 fully saturated rings. The second-order valence-corrected chi connectivity index (χ2v) is 11.9. The maximum absolute atomic E-state index is 13.5. The number of aryl methyl sites for hydroxylation is 2. The Morgan fingerprint density at radius 3 is 2.67 bits per heavy atom. The molecule has 0 aliphatic carbocycles. The van der Waals surface area contributed by atoms with Gasteiger partial charge in [-0.25, -0.2) is 15.6 Å². The van der Waals surface area contributed by atoms with Gasteiger partial charge in [0.2, 0.25) is 5.91 Å². The van der Waals surface area contributed by atoms with Gasteiger partial charge in [-0.2, -0.15) is 0 Å². The van der Waals surface area contributed by atoms with E-state index in [1.54, 1.807) is 25.4 Å². The van der Waals surface area contributed by atoms with E-state index < -0.39 is 24.6 Å². The summed E-state index contributed by atoms with van der Waals surface area (Å²) in [5.41, 5.74) is 12.5. The molecule has 14 heteroatoms. The van der Waals surface area contributed by atoms with E-state index in [1.807, 2.05) is 33.8 Å². The van der Waals surface area contributed by atoms with Crippen LogP contribution in [0.15, 0.2) is 41.3 Å². The van der Waals surface area contributed by atoms with Crippen molar-refractivity contribution in [3.8, 4) is 0 Å². The fraction of sp³-hybridized carbons (Fsp3) is 0.471. The lowest BCUT2D eigenvalue weighted by Gasteiger charge is -2.33. The van der Waals surface area contributed by atoms with E-state index in [0.717, 1.165) is 33.2 Å². The van der Waals surface area contributed by atoms with Gasteiger partial charge in [-0.3, -0.25) is 14.5 Å². The van der Waals surface area contributed by atoms with Gasteiger partial charge in [0.25, 0.3) is 5.91 Å². The molecule has 14 nitrogen and oxygen atoms in total. The van der Waals surface area contributed by atoms with Gasteiger partial charge in [0.15, 0.2) is 6.10 Å². The fourth-order valence-corrected chi connectivity index (χ4v) is 5.90. The van der Waals surface area contributed by atoms with Crippen molar-refractivity contribution in [1.29, 1.82) is 0 Å². The highest BCUT2D eigenvalue weighted by Crippen LogP contribution is 2.32. The molecule has 4 heterocycles. The molecular weight excluding hydrogens is 618 g/mol. The van der Waals surface area contributed by atoms with E-state index in [-0.39, 0.29) is 49.4 Å². The first kappa shape index (κ1) is 36.5. The molecule has 1 aromatic heterocycles. The van der Waals surface area contributed by atoms with Crippen LogP contribution in [0, 0.1) is 13.8 Å². The van der Waals surface area contributed by atoms with Crippen molar-refractivity contribution in [2.45, 2.75) is 53.0 Å². The van der Waals surface area contributed by atoms with Crippen molar-refractivity contribution in [2.24, 2.45) is 11.6 Å². The molecule has 260 valence electrons. The number of nitrogens with two attached hydrogens (primary N) is 2. The topological polar surface area (TPSA) is 197 Å². The average molecular weight is 666 g/mol. The van der Waals surface area contributed by atoms with Gasteiger partial charge in [-0.1, -0.05) is 19.9 Å². The van der Waals surface area contributed by atoms with Crippen LogP contribution in [0.5, 0.6) is 0 Å². The third-order valence-electron chi connectivity index (χ3n) is 8.47. The number of nitrogens with zero attached hydrogens (tertiary/aromatic N) is 4. The normalized spacial score (nSPS) is 20.8. The first-order valence-corrected chi connectivity index (χ1v) is 16.1. The van der Waals surface area contributed by atoms with Crippen LogP contribution in [0.3, 0.4) is 0 Å². The first-order chi connectivity index (χ1) is 22.9. The van der Waals surface area contributed by atoms with E-state index in [2.05, 4.69) is 16.3 Å². The zero-order chi connectivity index (χ0) is 35.1. The average Bonchev–Trinajstić information content (AvgIpc) is 3.11. The molecule has 2 unspecified atom stereocenters. The number of aliphatic hydroxyl groups is 2. The Balaban J connectivity index is 0.00000255. The number of ether oxygens (including phenoxy) is 2. The largest absolute Gasteiger partial charge is 0.458 e. The maximum Gasteiger partial charge on any atom is 0.340 e.